The monoisotopic (exact) mass is 336 g/mol. The van der Waals surface area contributed by atoms with Gasteiger partial charge in [-0.05, 0) is 50.2 Å². The molecule has 0 aliphatic heterocycles. The van der Waals surface area contributed by atoms with Crippen LogP contribution in [0, 0.1) is 0 Å². The van der Waals surface area contributed by atoms with Crippen LogP contribution >= 0.6 is 23.4 Å². The van der Waals surface area contributed by atoms with Crippen LogP contribution < -0.4 is 9.47 Å². The van der Waals surface area contributed by atoms with E-state index >= 15 is 0 Å². The number of ether oxygens (including phenoxy) is 2. The fourth-order valence-electron chi connectivity index (χ4n) is 1.90. The van der Waals surface area contributed by atoms with Crippen molar-refractivity contribution in [3.63, 3.8) is 0 Å². The Bertz CT molecular complexity index is 641. The van der Waals surface area contributed by atoms with Crippen LogP contribution in [0.2, 0.25) is 5.02 Å². The maximum Gasteiger partial charge on any atom is 0.162 e. The first-order valence-corrected chi connectivity index (χ1v) is 8.19. The number of carbonyl (C=O) groups is 1. The lowest BCUT2D eigenvalue weighted by Gasteiger charge is -2.14. The molecule has 0 unspecified atom stereocenters. The van der Waals surface area contributed by atoms with E-state index in [1.165, 1.54) is 11.8 Å². The molecule has 2 rings (SSSR count). The highest BCUT2D eigenvalue weighted by molar-refractivity contribution is 7.99. The molecular formula is C17H17ClO3S. The maximum atomic E-state index is 11.4. The maximum absolute atomic E-state index is 11.4. The van der Waals surface area contributed by atoms with Gasteiger partial charge < -0.3 is 9.47 Å². The van der Waals surface area contributed by atoms with Gasteiger partial charge in [0.1, 0.15) is 0 Å². The van der Waals surface area contributed by atoms with Crippen molar-refractivity contribution in [2.75, 3.05) is 13.2 Å². The van der Waals surface area contributed by atoms with Crippen molar-refractivity contribution in [3.8, 4) is 11.5 Å². The summed E-state index contributed by atoms with van der Waals surface area (Å²) in [5.41, 5.74) is 0.576. The number of rotatable bonds is 7. The molecule has 0 spiro atoms. The van der Waals surface area contributed by atoms with E-state index in [1.54, 1.807) is 6.07 Å². The molecule has 0 saturated heterocycles. The SMILES string of the molecule is CCOc1cc(C=O)c(Sc2ccc(Cl)cc2)cc1OCC. The quantitative estimate of drug-likeness (QED) is 0.659. The van der Waals surface area contributed by atoms with Crippen LogP contribution in [0.3, 0.4) is 0 Å². The minimum absolute atomic E-state index is 0.516. The van der Waals surface area contributed by atoms with E-state index in [9.17, 15) is 4.79 Å². The van der Waals surface area contributed by atoms with Gasteiger partial charge in [0.25, 0.3) is 0 Å². The van der Waals surface area contributed by atoms with Gasteiger partial charge in [-0.15, -0.1) is 0 Å². The number of hydrogen-bond acceptors (Lipinski definition) is 4. The summed E-state index contributed by atoms with van der Waals surface area (Å²) >= 11 is 7.38. The first kappa shape index (κ1) is 16.7. The van der Waals surface area contributed by atoms with E-state index in [0.717, 1.165) is 16.1 Å². The highest BCUT2D eigenvalue weighted by Crippen LogP contribution is 2.38. The van der Waals surface area contributed by atoms with Gasteiger partial charge in [0.05, 0.1) is 13.2 Å². The molecule has 0 atom stereocenters. The number of halogens is 1. The summed E-state index contributed by atoms with van der Waals surface area (Å²) in [5.74, 6) is 1.23. The third-order valence-electron chi connectivity index (χ3n) is 2.84. The van der Waals surface area contributed by atoms with E-state index in [1.807, 2.05) is 44.2 Å². The fraction of sp³-hybridized carbons (Fsp3) is 0.235. The van der Waals surface area contributed by atoms with E-state index in [-0.39, 0.29) is 0 Å². The molecule has 0 aliphatic carbocycles. The van der Waals surface area contributed by atoms with Crippen LogP contribution in [-0.4, -0.2) is 19.5 Å². The van der Waals surface area contributed by atoms with Crippen molar-refractivity contribution in [2.24, 2.45) is 0 Å². The van der Waals surface area contributed by atoms with Crippen molar-refractivity contribution in [3.05, 3.63) is 47.0 Å². The minimum Gasteiger partial charge on any atom is -0.490 e. The van der Waals surface area contributed by atoms with E-state index in [0.29, 0.717) is 35.3 Å². The van der Waals surface area contributed by atoms with Crippen LogP contribution in [-0.2, 0) is 0 Å². The Morgan fingerprint density at radius 2 is 1.64 bits per heavy atom. The zero-order valence-electron chi connectivity index (χ0n) is 12.5. The summed E-state index contributed by atoms with van der Waals surface area (Å²) in [7, 11) is 0. The number of aldehydes is 1. The van der Waals surface area contributed by atoms with Gasteiger partial charge >= 0.3 is 0 Å². The summed E-state index contributed by atoms with van der Waals surface area (Å²) in [6, 6.07) is 11.0. The third-order valence-corrected chi connectivity index (χ3v) is 4.18. The van der Waals surface area contributed by atoms with Gasteiger partial charge in [-0.1, -0.05) is 23.4 Å². The average molecular weight is 337 g/mol. The Labute approximate surface area is 139 Å². The molecule has 0 fully saturated rings. The largest absolute Gasteiger partial charge is 0.490 e. The standard InChI is InChI=1S/C17H17ClO3S/c1-3-20-15-9-12(11-19)17(10-16(15)21-4-2)22-14-7-5-13(18)6-8-14/h5-11H,3-4H2,1-2H3. The fourth-order valence-corrected chi connectivity index (χ4v) is 2.95. The summed E-state index contributed by atoms with van der Waals surface area (Å²) in [5, 5.41) is 0.682. The highest BCUT2D eigenvalue weighted by Gasteiger charge is 2.13. The van der Waals surface area contributed by atoms with E-state index < -0.39 is 0 Å². The molecule has 5 heteroatoms. The van der Waals surface area contributed by atoms with Crippen LogP contribution in [0.5, 0.6) is 11.5 Å². The van der Waals surface area contributed by atoms with Gasteiger partial charge in [0.2, 0.25) is 0 Å². The van der Waals surface area contributed by atoms with Crippen molar-refractivity contribution in [1.29, 1.82) is 0 Å². The topological polar surface area (TPSA) is 35.5 Å². The summed E-state index contributed by atoms with van der Waals surface area (Å²) in [4.78, 5) is 13.2. The van der Waals surface area contributed by atoms with Gasteiger partial charge in [0.15, 0.2) is 17.8 Å². The molecular weight excluding hydrogens is 320 g/mol. The molecule has 3 nitrogen and oxygen atoms in total. The van der Waals surface area contributed by atoms with Gasteiger partial charge in [-0.2, -0.15) is 0 Å². The molecule has 0 heterocycles. The van der Waals surface area contributed by atoms with Gasteiger partial charge in [-0.25, -0.2) is 0 Å². The number of hydrogen-bond donors (Lipinski definition) is 0. The zero-order chi connectivity index (χ0) is 15.9. The predicted molar refractivity (Wildman–Crippen MR) is 89.7 cm³/mol. The van der Waals surface area contributed by atoms with Crippen molar-refractivity contribution in [2.45, 2.75) is 23.6 Å². The Morgan fingerprint density at radius 3 is 2.18 bits per heavy atom. The van der Waals surface area contributed by atoms with Crippen molar-refractivity contribution >= 4 is 29.6 Å². The summed E-state index contributed by atoms with van der Waals surface area (Å²) in [6.07, 6.45) is 0.830. The zero-order valence-corrected chi connectivity index (χ0v) is 14.0. The smallest absolute Gasteiger partial charge is 0.162 e. The van der Waals surface area contributed by atoms with Crippen molar-refractivity contribution in [1.82, 2.24) is 0 Å². The minimum atomic E-state index is 0.516. The molecule has 22 heavy (non-hydrogen) atoms. The molecule has 0 amide bonds. The third kappa shape index (κ3) is 4.18. The van der Waals surface area contributed by atoms with Gasteiger partial charge in [0, 0.05) is 20.4 Å². The van der Waals surface area contributed by atoms with Crippen molar-refractivity contribution < 1.29 is 14.3 Å². The molecule has 0 N–H and O–H groups in total. The Kier molecular flexibility index (Phi) is 6.16. The summed E-state index contributed by atoms with van der Waals surface area (Å²) in [6.45, 7) is 4.86. The average Bonchev–Trinajstić information content (AvgIpc) is 2.52. The molecule has 116 valence electrons. The molecule has 2 aromatic rings. The van der Waals surface area contributed by atoms with Crippen LogP contribution in [0.25, 0.3) is 0 Å². The number of carbonyl (C=O) groups excluding carboxylic acids is 1. The van der Waals surface area contributed by atoms with E-state index in [2.05, 4.69) is 0 Å². The Balaban J connectivity index is 2.38. The lowest BCUT2D eigenvalue weighted by atomic mass is 10.2. The second-order valence-corrected chi connectivity index (χ2v) is 5.93. The second-order valence-electron chi connectivity index (χ2n) is 4.38. The predicted octanol–water partition coefficient (Wildman–Crippen LogP) is 5.10. The van der Waals surface area contributed by atoms with Crippen LogP contribution in [0.15, 0.2) is 46.2 Å². The Hall–Kier alpha value is -1.65. The summed E-state index contributed by atoms with van der Waals surface area (Å²) < 4.78 is 11.2. The second kappa shape index (κ2) is 8.11. The molecule has 0 aliphatic rings. The first-order chi connectivity index (χ1) is 10.7. The first-order valence-electron chi connectivity index (χ1n) is 7.00. The lowest BCUT2D eigenvalue weighted by molar-refractivity contribution is 0.112. The Morgan fingerprint density at radius 1 is 1.05 bits per heavy atom. The van der Waals surface area contributed by atoms with Gasteiger partial charge in [-0.3, -0.25) is 4.79 Å². The highest BCUT2D eigenvalue weighted by atomic mass is 35.5. The van der Waals surface area contributed by atoms with Crippen LogP contribution in [0.4, 0.5) is 0 Å². The lowest BCUT2D eigenvalue weighted by Crippen LogP contribution is -2.00. The molecule has 2 aromatic carbocycles. The molecule has 0 aromatic heterocycles. The number of benzene rings is 2. The normalized spacial score (nSPS) is 10.3. The molecule has 0 radical (unpaired) electrons. The van der Waals surface area contributed by atoms with E-state index in [4.69, 9.17) is 21.1 Å². The van der Waals surface area contributed by atoms with Crippen LogP contribution in [0.1, 0.15) is 24.2 Å². The molecule has 0 bridgehead atoms. The molecule has 0 saturated carbocycles.